The van der Waals surface area contributed by atoms with E-state index in [1.807, 2.05) is 7.05 Å². The van der Waals surface area contributed by atoms with E-state index in [4.69, 9.17) is 0 Å². The van der Waals surface area contributed by atoms with Crippen molar-refractivity contribution in [2.45, 2.75) is 32.0 Å². The predicted octanol–water partition coefficient (Wildman–Crippen LogP) is 1.87. The third-order valence-electron chi connectivity index (χ3n) is 2.97. The lowest BCUT2D eigenvalue weighted by Gasteiger charge is -2.24. The van der Waals surface area contributed by atoms with Gasteiger partial charge in [-0.1, -0.05) is 0 Å². The Kier molecular flexibility index (Phi) is 4.40. The summed E-state index contributed by atoms with van der Waals surface area (Å²) in [6, 6.07) is 0.498. The summed E-state index contributed by atoms with van der Waals surface area (Å²) in [7, 11) is 1.97. The average Bonchev–Trinajstić information content (AvgIpc) is 2.92. The van der Waals surface area contributed by atoms with E-state index in [-0.39, 0.29) is 0 Å². The van der Waals surface area contributed by atoms with E-state index in [9.17, 15) is 13.2 Å². The van der Waals surface area contributed by atoms with Gasteiger partial charge in [-0.2, -0.15) is 13.2 Å². The summed E-state index contributed by atoms with van der Waals surface area (Å²) in [6.07, 6.45) is -1.57. The van der Waals surface area contributed by atoms with E-state index in [0.717, 1.165) is 5.92 Å². The quantitative estimate of drug-likeness (QED) is 0.693. The fourth-order valence-corrected chi connectivity index (χ4v) is 1.63. The lowest BCUT2D eigenvalue weighted by molar-refractivity contribution is -0.124. The molecular formula is C10H19F3N2. The van der Waals surface area contributed by atoms with Crippen molar-refractivity contribution >= 4 is 0 Å². The van der Waals surface area contributed by atoms with E-state index < -0.39 is 12.7 Å². The van der Waals surface area contributed by atoms with Crippen molar-refractivity contribution in [3.05, 3.63) is 0 Å². The zero-order valence-electron chi connectivity index (χ0n) is 9.27. The summed E-state index contributed by atoms with van der Waals surface area (Å²) in [5.74, 6) is 0.762. The lowest BCUT2D eigenvalue weighted by atomic mass is 10.2. The molecule has 0 aromatic heterocycles. The number of alkyl halides is 3. The van der Waals surface area contributed by atoms with Gasteiger partial charge in [0.15, 0.2) is 0 Å². The van der Waals surface area contributed by atoms with Gasteiger partial charge in [0.2, 0.25) is 0 Å². The van der Waals surface area contributed by atoms with Crippen LogP contribution in [0, 0.1) is 5.92 Å². The van der Waals surface area contributed by atoms with Crippen LogP contribution in [-0.4, -0.2) is 43.8 Å². The standard InChI is InChI=1S/C10H19F3N2/c1-8(9-3-4-9)15(2)6-5-14-7-10(11,12)13/h8-9,14H,3-7H2,1-2H3. The first-order valence-electron chi connectivity index (χ1n) is 5.38. The van der Waals surface area contributed by atoms with Gasteiger partial charge in [0.1, 0.15) is 0 Å². The Labute approximate surface area is 88.8 Å². The van der Waals surface area contributed by atoms with E-state index in [1.54, 1.807) is 0 Å². The molecule has 1 rings (SSSR count). The summed E-state index contributed by atoms with van der Waals surface area (Å²) < 4.78 is 35.4. The van der Waals surface area contributed by atoms with Crippen molar-refractivity contribution in [3.8, 4) is 0 Å². The Bertz CT molecular complexity index is 190. The Balaban J connectivity index is 2.03. The second-order valence-corrected chi connectivity index (χ2v) is 4.35. The van der Waals surface area contributed by atoms with Gasteiger partial charge in [-0.25, -0.2) is 0 Å². The third-order valence-corrected chi connectivity index (χ3v) is 2.97. The highest BCUT2D eigenvalue weighted by Gasteiger charge is 2.30. The molecule has 0 radical (unpaired) electrons. The number of nitrogens with one attached hydrogen (secondary N) is 1. The van der Waals surface area contributed by atoms with Crippen molar-refractivity contribution in [1.82, 2.24) is 10.2 Å². The molecule has 15 heavy (non-hydrogen) atoms. The molecule has 1 unspecified atom stereocenters. The summed E-state index contributed by atoms with van der Waals surface area (Å²) in [5.41, 5.74) is 0. The van der Waals surface area contributed by atoms with Crippen molar-refractivity contribution in [3.63, 3.8) is 0 Å². The molecule has 0 heterocycles. The number of likely N-dealkylation sites (N-methyl/N-ethyl adjacent to an activating group) is 1. The van der Waals surface area contributed by atoms with Crippen LogP contribution in [0.1, 0.15) is 19.8 Å². The summed E-state index contributed by atoms with van der Waals surface area (Å²) >= 11 is 0. The van der Waals surface area contributed by atoms with Gasteiger partial charge in [0.05, 0.1) is 6.54 Å². The first kappa shape index (κ1) is 12.8. The zero-order chi connectivity index (χ0) is 11.5. The van der Waals surface area contributed by atoms with Gasteiger partial charge in [0, 0.05) is 19.1 Å². The molecule has 0 aromatic rings. The molecule has 1 aliphatic rings. The lowest BCUT2D eigenvalue weighted by Crippen LogP contribution is -2.39. The highest BCUT2D eigenvalue weighted by atomic mass is 19.4. The predicted molar refractivity (Wildman–Crippen MR) is 53.7 cm³/mol. The van der Waals surface area contributed by atoms with Crippen LogP contribution in [0.2, 0.25) is 0 Å². The maximum absolute atomic E-state index is 11.8. The minimum atomic E-state index is -4.10. The smallest absolute Gasteiger partial charge is 0.307 e. The maximum atomic E-state index is 11.8. The molecule has 1 atom stereocenters. The molecular weight excluding hydrogens is 205 g/mol. The second-order valence-electron chi connectivity index (χ2n) is 4.35. The van der Waals surface area contributed by atoms with Crippen LogP contribution in [0.25, 0.3) is 0 Å². The van der Waals surface area contributed by atoms with Crippen LogP contribution >= 0.6 is 0 Å². The number of hydrogen-bond acceptors (Lipinski definition) is 2. The molecule has 0 spiro atoms. The van der Waals surface area contributed by atoms with Gasteiger partial charge >= 0.3 is 6.18 Å². The van der Waals surface area contributed by atoms with E-state index in [2.05, 4.69) is 17.1 Å². The first-order chi connectivity index (χ1) is 6.90. The topological polar surface area (TPSA) is 15.3 Å². The Morgan fingerprint density at radius 3 is 2.47 bits per heavy atom. The minimum Gasteiger partial charge on any atom is -0.307 e. The van der Waals surface area contributed by atoms with Crippen LogP contribution in [0.3, 0.4) is 0 Å². The van der Waals surface area contributed by atoms with Crippen molar-refractivity contribution < 1.29 is 13.2 Å². The Morgan fingerprint density at radius 2 is 2.00 bits per heavy atom. The van der Waals surface area contributed by atoms with Crippen LogP contribution < -0.4 is 5.32 Å². The molecule has 0 aromatic carbocycles. The van der Waals surface area contributed by atoms with Crippen LogP contribution in [0.4, 0.5) is 13.2 Å². The van der Waals surface area contributed by atoms with Gasteiger partial charge < -0.3 is 10.2 Å². The van der Waals surface area contributed by atoms with Crippen LogP contribution in [0.15, 0.2) is 0 Å². The SMILES string of the molecule is CC(C1CC1)N(C)CCNCC(F)(F)F. The van der Waals surface area contributed by atoms with E-state index in [1.165, 1.54) is 12.8 Å². The summed E-state index contributed by atoms with van der Waals surface area (Å²) in [5, 5.41) is 2.40. The summed E-state index contributed by atoms with van der Waals surface area (Å²) in [4.78, 5) is 2.13. The third kappa shape index (κ3) is 5.37. The van der Waals surface area contributed by atoms with Crippen LogP contribution in [-0.2, 0) is 0 Å². The molecule has 1 N–H and O–H groups in total. The number of halogens is 3. The van der Waals surface area contributed by atoms with E-state index in [0.29, 0.717) is 19.1 Å². The van der Waals surface area contributed by atoms with Crippen LogP contribution in [0.5, 0.6) is 0 Å². The first-order valence-corrected chi connectivity index (χ1v) is 5.38. The molecule has 1 aliphatic carbocycles. The molecule has 2 nitrogen and oxygen atoms in total. The van der Waals surface area contributed by atoms with Crippen molar-refractivity contribution in [1.29, 1.82) is 0 Å². The highest BCUT2D eigenvalue weighted by Crippen LogP contribution is 2.34. The van der Waals surface area contributed by atoms with Crippen molar-refractivity contribution in [2.75, 3.05) is 26.7 Å². The normalized spacial score (nSPS) is 19.6. The fourth-order valence-electron chi connectivity index (χ4n) is 1.63. The van der Waals surface area contributed by atoms with E-state index >= 15 is 0 Å². The number of nitrogens with zero attached hydrogens (tertiary/aromatic N) is 1. The summed E-state index contributed by atoms with van der Waals surface area (Å²) in [6.45, 7) is 2.32. The largest absolute Gasteiger partial charge is 0.401 e. The molecule has 5 heteroatoms. The Morgan fingerprint density at radius 1 is 1.40 bits per heavy atom. The van der Waals surface area contributed by atoms with Crippen molar-refractivity contribution in [2.24, 2.45) is 5.92 Å². The van der Waals surface area contributed by atoms with Gasteiger partial charge in [-0.3, -0.25) is 0 Å². The van der Waals surface area contributed by atoms with Gasteiger partial charge in [-0.15, -0.1) is 0 Å². The molecule has 0 saturated heterocycles. The van der Waals surface area contributed by atoms with Gasteiger partial charge in [0.25, 0.3) is 0 Å². The fraction of sp³-hybridized carbons (Fsp3) is 1.00. The zero-order valence-corrected chi connectivity index (χ0v) is 9.27. The average molecular weight is 224 g/mol. The Hall–Kier alpha value is -0.290. The second kappa shape index (κ2) is 5.16. The molecule has 0 amide bonds. The highest BCUT2D eigenvalue weighted by molar-refractivity contribution is 4.84. The monoisotopic (exact) mass is 224 g/mol. The number of rotatable bonds is 6. The van der Waals surface area contributed by atoms with Gasteiger partial charge in [-0.05, 0) is 32.7 Å². The number of hydrogen-bond donors (Lipinski definition) is 1. The minimum absolute atomic E-state index is 0.396. The molecule has 1 saturated carbocycles. The molecule has 0 aliphatic heterocycles. The maximum Gasteiger partial charge on any atom is 0.401 e. The molecule has 1 fully saturated rings. The molecule has 0 bridgehead atoms. The molecule has 90 valence electrons.